The molecule has 6 nitrogen and oxygen atoms in total. The van der Waals surface area contributed by atoms with Gasteiger partial charge in [0.15, 0.2) is 11.6 Å². The van der Waals surface area contributed by atoms with Crippen LogP contribution in [0.15, 0.2) is 42.6 Å². The molecule has 4 rings (SSSR count). The second-order valence-electron chi connectivity index (χ2n) is 7.77. The van der Waals surface area contributed by atoms with Gasteiger partial charge in [-0.05, 0) is 55.2 Å². The number of ether oxygens (including phenoxy) is 2. The van der Waals surface area contributed by atoms with Crippen LogP contribution in [0.5, 0.6) is 5.75 Å². The van der Waals surface area contributed by atoms with Gasteiger partial charge in [-0.1, -0.05) is 19.3 Å². The minimum Gasteiger partial charge on any atom is -0.489 e. The number of anilines is 2. The molecule has 154 valence electrons. The molecule has 0 radical (unpaired) electrons. The molecule has 2 heterocycles. The van der Waals surface area contributed by atoms with Crippen molar-refractivity contribution in [3.05, 3.63) is 48.2 Å². The van der Waals surface area contributed by atoms with Gasteiger partial charge in [0.1, 0.15) is 0 Å². The van der Waals surface area contributed by atoms with E-state index in [1.165, 1.54) is 32.1 Å². The highest BCUT2D eigenvalue weighted by atomic mass is 16.5. The van der Waals surface area contributed by atoms with E-state index in [2.05, 4.69) is 15.2 Å². The van der Waals surface area contributed by atoms with Crippen LogP contribution in [0.4, 0.5) is 11.5 Å². The molecular weight excluding hydrogens is 366 g/mol. The maximum Gasteiger partial charge on any atom is 0.256 e. The van der Waals surface area contributed by atoms with Crippen LogP contribution < -0.4 is 15.0 Å². The summed E-state index contributed by atoms with van der Waals surface area (Å²) < 4.78 is 11.4. The molecule has 2 aliphatic rings. The van der Waals surface area contributed by atoms with Crippen molar-refractivity contribution in [3.63, 3.8) is 0 Å². The number of nitrogens with zero attached hydrogens (tertiary/aromatic N) is 2. The fourth-order valence-electron chi connectivity index (χ4n) is 3.99. The standard InChI is InChI=1S/C23H29N3O3/c27-23(19-8-10-20(11-9-19)26-13-15-28-16-14-26)25-22-21(7-4-12-24-22)29-17-18-5-2-1-3-6-18/h4,7-12,18H,1-3,5-6,13-17H2,(H,24,25,27). The summed E-state index contributed by atoms with van der Waals surface area (Å²) in [5.41, 5.74) is 1.71. The van der Waals surface area contributed by atoms with E-state index in [0.29, 0.717) is 29.7 Å². The summed E-state index contributed by atoms with van der Waals surface area (Å²) in [6, 6.07) is 11.4. The third kappa shape index (κ3) is 5.26. The number of carbonyl (C=O) groups excluding carboxylic acids is 1. The zero-order valence-electron chi connectivity index (χ0n) is 16.8. The van der Waals surface area contributed by atoms with E-state index >= 15 is 0 Å². The average Bonchev–Trinajstić information content (AvgIpc) is 2.80. The average molecular weight is 396 g/mol. The Morgan fingerprint density at radius 2 is 1.86 bits per heavy atom. The van der Waals surface area contributed by atoms with Crippen LogP contribution in [-0.4, -0.2) is 43.8 Å². The summed E-state index contributed by atoms with van der Waals surface area (Å²) in [5, 5.41) is 2.90. The number of rotatable bonds is 6. The number of aromatic nitrogens is 1. The molecule has 0 unspecified atom stereocenters. The molecule has 6 heteroatoms. The van der Waals surface area contributed by atoms with Gasteiger partial charge in [0.25, 0.3) is 5.91 Å². The van der Waals surface area contributed by atoms with Crippen LogP contribution in [0.25, 0.3) is 0 Å². The molecule has 2 fully saturated rings. The van der Waals surface area contributed by atoms with Gasteiger partial charge in [-0.25, -0.2) is 4.98 Å². The third-order valence-electron chi connectivity index (χ3n) is 5.71. The van der Waals surface area contributed by atoms with Crippen LogP contribution in [0.1, 0.15) is 42.5 Å². The molecule has 0 bridgehead atoms. The summed E-state index contributed by atoms with van der Waals surface area (Å²) in [5.74, 6) is 1.53. The lowest BCUT2D eigenvalue weighted by molar-refractivity contribution is 0.102. The molecule has 0 spiro atoms. The van der Waals surface area contributed by atoms with Gasteiger partial charge in [0, 0.05) is 30.5 Å². The van der Waals surface area contributed by atoms with Crippen LogP contribution in [-0.2, 0) is 4.74 Å². The SMILES string of the molecule is O=C(Nc1ncccc1OCC1CCCCC1)c1ccc(N2CCOCC2)cc1. The Morgan fingerprint density at radius 3 is 2.62 bits per heavy atom. The lowest BCUT2D eigenvalue weighted by Crippen LogP contribution is -2.36. The highest BCUT2D eigenvalue weighted by Crippen LogP contribution is 2.27. The topological polar surface area (TPSA) is 63.7 Å². The van der Waals surface area contributed by atoms with Gasteiger partial charge in [0.2, 0.25) is 0 Å². The fraction of sp³-hybridized carbons (Fsp3) is 0.478. The number of pyridine rings is 1. The summed E-state index contributed by atoms with van der Waals surface area (Å²) in [7, 11) is 0. The number of benzene rings is 1. The van der Waals surface area contributed by atoms with Crippen molar-refractivity contribution in [2.24, 2.45) is 5.92 Å². The first kappa shape index (κ1) is 19.7. The van der Waals surface area contributed by atoms with Crippen molar-refractivity contribution in [1.29, 1.82) is 0 Å². The van der Waals surface area contributed by atoms with Gasteiger partial charge in [-0.15, -0.1) is 0 Å². The Kier molecular flexibility index (Phi) is 6.62. The van der Waals surface area contributed by atoms with Crippen molar-refractivity contribution in [1.82, 2.24) is 4.98 Å². The Labute approximate surface area is 172 Å². The molecule has 0 atom stereocenters. The van der Waals surface area contributed by atoms with Crippen molar-refractivity contribution >= 4 is 17.4 Å². The van der Waals surface area contributed by atoms with Crippen LogP contribution >= 0.6 is 0 Å². The normalized spacial score (nSPS) is 17.7. The number of morpholine rings is 1. The van der Waals surface area contributed by atoms with E-state index in [9.17, 15) is 4.79 Å². The zero-order chi connectivity index (χ0) is 19.9. The smallest absolute Gasteiger partial charge is 0.256 e. The first-order valence-corrected chi connectivity index (χ1v) is 10.6. The monoisotopic (exact) mass is 395 g/mol. The molecule has 29 heavy (non-hydrogen) atoms. The van der Waals surface area contributed by atoms with E-state index in [4.69, 9.17) is 9.47 Å². The zero-order valence-corrected chi connectivity index (χ0v) is 16.8. The minimum atomic E-state index is -0.181. The third-order valence-corrected chi connectivity index (χ3v) is 5.71. The number of amides is 1. The first-order valence-electron chi connectivity index (χ1n) is 10.6. The molecular formula is C23H29N3O3. The molecule has 1 amide bonds. The van der Waals surface area contributed by atoms with Crippen molar-refractivity contribution < 1.29 is 14.3 Å². The van der Waals surface area contributed by atoms with Crippen molar-refractivity contribution in [2.45, 2.75) is 32.1 Å². The number of hydrogen-bond donors (Lipinski definition) is 1. The summed E-state index contributed by atoms with van der Waals surface area (Å²) in [6.07, 6.45) is 8.00. The largest absolute Gasteiger partial charge is 0.489 e. The van der Waals surface area contributed by atoms with E-state index < -0.39 is 0 Å². The molecule has 1 N–H and O–H groups in total. The van der Waals surface area contributed by atoms with E-state index in [1.807, 2.05) is 36.4 Å². The van der Waals surface area contributed by atoms with E-state index in [-0.39, 0.29) is 5.91 Å². The van der Waals surface area contributed by atoms with Crippen LogP contribution in [0.3, 0.4) is 0 Å². The second kappa shape index (κ2) is 9.74. The molecule has 1 saturated heterocycles. The number of nitrogens with one attached hydrogen (secondary N) is 1. The van der Waals surface area contributed by atoms with E-state index in [1.54, 1.807) is 6.20 Å². The Bertz CT molecular complexity index is 797. The molecule has 1 aromatic carbocycles. The van der Waals surface area contributed by atoms with Gasteiger partial charge in [-0.2, -0.15) is 0 Å². The molecule has 1 aliphatic carbocycles. The predicted octanol–water partition coefficient (Wildman–Crippen LogP) is 4.13. The number of hydrogen-bond acceptors (Lipinski definition) is 5. The molecule has 1 aliphatic heterocycles. The number of carbonyl (C=O) groups is 1. The molecule has 1 saturated carbocycles. The Balaban J connectivity index is 1.37. The van der Waals surface area contributed by atoms with E-state index in [0.717, 1.165) is 32.0 Å². The van der Waals surface area contributed by atoms with Crippen LogP contribution in [0, 0.1) is 5.92 Å². The van der Waals surface area contributed by atoms with Crippen molar-refractivity contribution in [3.8, 4) is 5.75 Å². The summed E-state index contributed by atoms with van der Waals surface area (Å²) in [6.45, 7) is 3.92. The summed E-state index contributed by atoms with van der Waals surface area (Å²) in [4.78, 5) is 19.3. The van der Waals surface area contributed by atoms with Gasteiger partial charge >= 0.3 is 0 Å². The quantitative estimate of drug-likeness (QED) is 0.797. The molecule has 1 aromatic heterocycles. The Morgan fingerprint density at radius 1 is 1.10 bits per heavy atom. The highest BCUT2D eigenvalue weighted by Gasteiger charge is 2.17. The Hall–Kier alpha value is -2.60. The summed E-state index contributed by atoms with van der Waals surface area (Å²) >= 11 is 0. The van der Waals surface area contributed by atoms with Crippen LogP contribution in [0.2, 0.25) is 0 Å². The van der Waals surface area contributed by atoms with Crippen molar-refractivity contribution in [2.75, 3.05) is 43.1 Å². The minimum absolute atomic E-state index is 0.181. The predicted molar refractivity (Wildman–Crippen MR) is 114 cm³/mol. The maximum absolute atomic E-state index is 12.7. The lowest BCUT2D eigenvalue weighted by Gasteiger charge is -2.28. The second-order valence-corrected chi connectivity index (χ2v) is 7.77. The molecule has 2 aromatic rings. The highest BCUT2D eigenvalue weighted by molar-refractivity contribution is 6.04. The first-order chi connectivity index (χ1) is 14.3. The van der Waals surface area contributed by atoms with Gasteiger partial charge in [-0.3, -0.25) is 4.79 Å². The fourth-order valence-corrected chi connectivity index (χ4v) is 3.99. The lowest BCUT2D eigenvalue weighted by atomic mass is 9.90. The van der Waals surface area contributed by atoms with Gasteiger partial charge in [0.05, 0.1) is 19.8 Å². The van der Waals surface area contributed by atoms with Gasteiger partial charge < -0.3 is 19.7 Å². The maximum atomic E-state index is 12.7.